The molecule has 0 radical (unpaired) electrons. The summed E-state index contributed by atoms with van der Waals surface area (Å²) < 4.78 is 2.13. The van der Waals surface area contributed by atoms with Crippen molar-refractivity contribution in [2.24, 2.45) is 0 Å². The lowest BCUT2D eigenvalue weighted by Crippen LogP contribution is -2.40. The fraction of sp³-hybridized carbons (Fsp3) is 0.385. The molecular weight excluding hydrogens is 398 g/mol. The number of fused-ring (bicyclic) bond motifs is 1. The number of hydrogen-bond acceptors (Lipinski definition) is 4. The molecule has 6 heteroatoms. The van der Waals surface area contributed by atoms with E-state index in [1.807, 2.05) is 29.3 Å². The Balaban J connectivity index is 1.59. The Morgan fingerprint density at radius 2 is 1.88 bits per heavy atom. The first-order chi connectivity index (χ1) is 15.6. The first kappa shape index (κ1) is 20.8. The normalized spacial score (nSPS) is 18.9. The van der Waals surface area contributed by atoms with Crippen LogP contribution in [0.25, 0.3) is 11.1 Å². The Kier molecular flexibility index (Phi) is 5.70. The molecule has 5 rings (SSSR count). The van der Waals surface area contributed by atoms with Crippen LogP contribution in [0.2, 0.25) is 0 Å². The fourth-order valence-electron chi connectivity index (χ4n) is 5.11. The highest BCUT2D eigenvalue weighted by Crippen LogP contribution is 2.42. The van der Waals surface area contributed by atoms with Crippen molar-refractivity contribution in [2.45, 2.75) is 51.6 Å². The van der Waals surface area contributed by atoms with Gasteiger partial charge in [-0.25, -0.2) is 0 Å². The summed E-state index contributed by atoms with van der Waals surface area (Å²) in [7, 11) is 0. The molecule has 1 saturated heterocycles. The van der Waals surface area contributed by atoms with Gasteiger partial charge in [0.1, 0.15) is 0 Å². The molecule has 2 N–H and O–H groups in total. The molecule has 1 aromatic heterocycles. The van der Waals surface area contributed by atoms with Gasteiger partial charge in [-0.05, 0) is 63.9 Å². The van der Waals surface area contributed by atoms with E-state index < -0.39 is 0 Å². The quantitative estimate of drug-likeness (QED) is 0.619. The maximum atomic E-state index is 12.5. The summed E-state index contributed by atoms with van der Waals surface area (Å²) in [4.78, 5) is 14.4. The Morgan fingerprint density at radius 3 is 2.62 bits per heavy atom. The number of carbonyl (C=O) groups is 1. The number of benzene rings is 2. The monoisotopic (exact) mass is 429 g/mol. The Labute approximate surface area is 189 Å². The predicted molar refractivity (Wildman–Crippen MR) is 129 cm³/mol. The van der Waals surface area contributed by atoms with Crippen LogP contribution in [-0.4, -0.2) is 34.8 Å². The average Bonchev–Trinajstić information content (AvgIpc) is 3.30. The standard InChI is InChI=1S/C26H31N5O/c1-18-8-9-24-25(31(18)19(2)32)11-10-23(26(24)29-21-6-4-3-5-7-21)20-16-28-30(17-20)22-12-14-27-15-13-22/h3-7,10-11,16-18,22,27,29H,8-9,12-15H2,1-2H3. The van der Waals surface area contributed by atoms with Crippen LogP contribution in [0.3, 0.4) is 0 Å². The number of aromatic nitrogens is 2. The molecule has 1 atom stereocenters. The van der Waals surface area contributed by atoms with E-state index in [0.29, 0.717) is 6.04 Å². The zero-order valence-electron chi connectivity index (χ0n) is 18.8. The van der Waals surface area contributed by atoms with E-state index >= 15 is 0 Å². The SMILES string of the molecule is CC(=O)N1c2ccc(-c3cnn(C4CCNCC4)c3)c(Nc3ccccc3)c2CCC1C. The van der Waals surface area contributed by atoms with Crippen LogP contribution >= 0.6 is 0 Å². The van der Waals surface area contributed by atoms with Crippen LogP contribution in [0.5, 0.6) is 0 Å². The van der Waals surface area contributed by atoms with Crippen molar-refractivity contribution in [3.05, 3.63) is 60.4 Å². The van der Waals surface area contributed by atoms with Gasteiger partial charge in [0, 0.05) is 47.2 Å². The number of amides is 1. The number of carbonyl (C=O) groups excluding carboxylic acids is 1. The lowest BCUT2D eigenvalue weighted by Gasteiger charge is -2.36. The number of hydrogen-bond donors (Lipinski definition) is 2. The Hall–Kier alpha value is -3.12. The summed E-state index contributed by atoms with van der Waals surface area (Å²) in [6.07, 6.45) is 8.26. The number of piperidine rings is 1. The predicted octanol–water partition coefficient (Wildman–Crippen LogP) is 4.91. The Bertz CT molecular complexity index is 1100. The molecule has 6 nitrogen and oxygen atoms in total. The number of rotatable bonds is 4. The number of nitrogens with zero attached hydrogens (tertiary/aromatic N) is 3. The largest absolute Gasteiger partial charge is 0.355 e. The van der Waals surface area contributed by atoms with Crippen molar-refractivity contribution in [1.82, 2.24) is 15.1 Å². The maximum absolute atomic E-state index is 12.5. The molecule has 0 spiro atoms. The van der Waals surface area contributed by atoms with E-state index in [0.717, 1.165) is 67.0 Å². The lowest BCUT2D eigenvalue weighted by atomic mass is 9.91. The molecule has 2 aromatic carbocycles. The molecular formula is C26H31N5O. The summed E-state index contributed by atoms with van der Waals surface area (Å²) in [6, 6.07) is 15.2. The minimum atomic E-state index is 0.0931. The molecule has 0 saturated carbocycles. The molecule has 0 bridgehead atoms. The van der Waals surface area contributed by atoms with E-state index in [9.17, 15) is 4.79 Å². The second-order valence-corrected chi connectivity index (χ2v) is 8.94. The zero-order chi connectivity index (χ0) is 22.1. The maximum Gasteiger partial charge on any atom is 0.224 e. The van der Waals surface area contributed by atoms with Gasteiger partial charge in [-0.1, -0.05) is 24.3 Å². The highest BCUT2D eigenvalue weighted by atomic mass is 16.2. The molecule has 2 aliphatic rings. The molecule has 3 heterocycles. The highest BCUT2D eigenvalue weighted by Gasteiger charge is 2.29. The van der Waals surface area contributed by atoms with Gasteiger partial charge < -0.3 is 15.5 Å². The van der Waals surface area contributed by atoms with Gasteiger partial charge in [0.05, 0.1) is 17.9 Å². The van der Waals surface area contributed by atoms with Crippen molar-refractivity contribution in [3.63, 3.8) is 0 Å². The van der Waals surface area contributed by atoms with Gasteiger partial charge in [0.2, 0.25) is 5.91 Å². The van der Waals surface area contributed by atoms with Crippen molar-refractivity contribution in [2.75, 3.05) is 23.3 Å². The second kappa shape index (κ2) is 8.79. The summed E-state index contributed by atoms with van der Waals surface area (Å²) in [5, 5.41) is 11.8. The fourth-order valence-corrected chi connectivity index (χ4v) is 5.11. The molecule has 1 unspecified atom stereocenters. The van der Waals surface area contributed by atoms with E-state index in [-0.39, 0.29) is 11.9 Å². The molecule has 166 valence electrons. The molecule has 2 aliphatic heterocycles. The molecule has 1 fully saturated rings. The van der Waals surface area contributed by atoms with E-state index in [4.69, 9.17) is 5.10 Å². The van der Waals surface area contributed by atoms with Crippen LogP contribution in [0.15, 0.2) is 54.9 Å². The van der Waals surface area contributed by atoms with Crippen molar-refractivity contribution < 1.29 is 4.79 Å². The van der Waals surface area contributed by atoms with E-state index in [1.165, 1.54) is 5.56 Å². The molecule has 1 amide bonds. The highest BCUT2D eigenvalue weighted by molar-refractivity contribution is 5.97. The van der Waals surface area contributed by atoms with Crippen LogP contribution < -0.4 is 15.5 Å². The third kappa shape index (κ3) is 3.91. The summed E-state index contributed by atoms with van der Waals surface area (Å²) in [5.41, 5.74) is 6.58. The second-order valence-electron chi connectivity index (χ2n) is 8.94. The Morgan fingerprint density at radius 1 is 1.09 bits per heavy atom. The first-order valence-corrected chi connectivity index (χ1v) is 11.6. The summed E-state index contributed by atoms with van der Waals surface area (Å²) in [5.74, 6) is 0.0931. The van der Waals surface area contributed by atoms with Crippen molar-refractivity contribution in [1.29, 1.82) is 0 Å². The average molecular weight is 430 g/mol. The number of para-hydroxylation sites is 1. The van der Waals surface area contributed by atoms with Crippen LogP contribution in [0.4, 0.5) is 17.1 Å². The van der Waals surface area contributed by atoms with Gasteiger partial charge in [-0.2, -0.15) is 5.10 Å². The van der Waals surface area contributed by atoms with Gasteiger partial charge >= 0.3 is 0 Å². The summed E-state index contributed by atoms with van der Waals surface area (Å²) in [6.45, 7) is 5.87. The van der Waals surface area contributed by atoms with Gasteiger partial charge in [0.25, 0.3) is 0 Å². The summed E-state index contributed by atoms with van der Waals surface area (Å²) >= 11 is 0. The smallest absolute Gasteiger partial charge is 0.224 e. The van der Waals surface area contributed by atoms with Gasteiger partial charge in [0.15, 0.2) is 0 Å². The lowest BCUT2D eigenvalue weighted by molar-refractivity contribution is -0.117. The van der Waals surface area contributed by atoms with Crippen LogP contribution in [0.1, 0.15) is 44.7 Å². The third-order valence-electron chi connectivity index (χ3n) is 6.78. The molecule has 3 aromatic rings. The third-order valence-corrected chi connectivity index (χ3v) is 6.78. The van der Waals surface area contributed by atoms with E-state index in [2.05, 4.69) is 52.7 Å². The van der Waals surface area contributed by atoms with Crippen molar-refractivity contribution in [3.8, 4) is 11.1 Å². The molecule has 0 aliphatic carbocycles. The first-order valence-electron chi connectivity index (χ1n) is 11.6. The minimum Gasteiger partial charge on any atom is -0.355 e. The number of anilines is 3. The van der Waals surface area contributed by atoms with Crippen LogP contribution in [0, 0.1) is 0 Å². The van der Waals surface area contributed by atoms with Crippen LogP contribution in [-0.2, 0) is 11.2 Å². The van der Waals surface area contributed by atoms with Gasteiger partial charge in [-0.3, -0.25) is 9.48 Å². The van der Waals surface area contributed by atoms with Crippen molar-refractivity contribution >= 4 is 23.0 Å². The zero-order valence-corrected chi connectivity index (χ0v) is 18.8. The minimum absolute atomic E-state index is 0.0931. The van der Waals surface area contributed by atoms with Gasteiger partial charge in [-0.15, -0.1) is 0 Å². The van der Waals surface area contributed by atoms with E-state index in [1.54, 1.807) is 6.92 Å². The molecule has 32 heavy (non-hydrogen) atoms. The topological polar surface area (TPSA) is 62.2 Å². The number of nitrogens with one attached hydrogen (secondary N) is 2.